The van der Waals surface area contributed by atoms with Gasteiger partial charge in [0.1, 0.15) is 17.7 Å². The summed E-state index contributed by atoms with van der Waals surface area (Å²) in [6.45, 7) is 0. The van der Waals surface area contributed by atoms with Crippen LogP contribution in [0.3, 0.4) is 0 Å². The first-order valence-electron chi connectivity index (χ1n) is 7.30. The average molecular weight is 391 g/mol. The molecule has 1 amide bonds. The highest BCUT2D eigenvalue weighted by atomic mass is 35.5. The SMILES string of the molecule is N#C/C(=C/Nc1ccc(Cl)c(C(F)(F)F)c1)C(=O)Nc1ccccc1C#N. The lowest BCUT2D eigenvalue weighted by molar-refractivity contribution is -0.137. The topological polar surface area (TPSA) is 88.7 Å². The van der Waals surface area contributed by atoms with E-state index in [4.69, 9.17) is 22.1 Å². The molecule has 0 radical (unpaired) electrons. The molecule has 0 unspecified atom stereocenters. The number of benzene rings is 2. The Balaban J connectivity index is 2.21. The number of hydrogen-bond donors (Lipinski definition) is 2. The summed E-state index contributed by atoms with van der Waals surface area (Å²) in [6, 6.07) is 12.8. The quantitative estimate of drug-likeness (QED) is 0.585. The van der Waals surface area contributed by atoms with E-state index in [1.165, 1.54) is 18.2 Å². The molecular formula is C18H10ClF3N4O. The van der Waals surface area contributed by atoms with Gasteiger partial charge < -0.3 is 10.6 Å². The highest BCUT2D eigenvalue weighted by Gasteiger charge is 2.33. The fourth-order valence-corrected chi connectivity index (χ4v) is 2.24. The maximum absolute atomic E-state index is 12.9. The number of para-hydroxylation sites is 1. The van der Waals surface area contributed by atoms with Gasteiger partial charge in [-0.2, -0.15) is 23.7 Å². The zero-order chi connectivity index (χ0) is 20.0. The van der Waals surface area contributed by atoms with Gasteiger partial charge in [-0.3, -0.25) is 4.79 Å². The lowest BCUT2D eigenvalue weighted by atomic mass is 10.1. The number of amides is 1. The minimum Gasteiger partial charge on any atom is -0.360 e. The maximum atomic E-state index is 12.9. The highest BCUT2D eigenvalue weighted by Crippen LogP contribution is 2.36. The number of nitrogens with one attached hydrogen (secondary N) is 2. The molecule has 136 valence electrons. The van der Waals surface area contributed by atoms with Crippen LogP contribution in [-0.2, 0) is 11.0 Å². The molecule has 0 atom stereocenters. The van der Waals surface area contributed by atoms with Crippen molar-refractivity contribution < 1.29 is 18.0 Å². The predicted octanol–water partition coefficient (Wildman–Crippen LogP) is 4.69. The zero-order valence-corrected chi connectivity index (χ0v) is 14.2. The van der Waals surface area contributed by atoms with Crippen LogP contribution in [0.1, 0.15) is 11.1 Å². The Morgan fingerprint density at radius 2 is 1.85 bits per heavy atom. The number of alkyl halides is 3. The highest BCUT2D eigenvalue weighted by molar-refractivity contribution is 6.31. The third-order valence-electron chi connectivity index (χ3n) is 3.32. The van der Waals surface area contributed by atoms with Crippen LogP contribution in [0.2, 0.25) is 5.02 Å². The van der Waals surface area contributed by atoms with Gasteiger partial charge in [-0.05, 0) is 30.3 Å². The Labute approximate surface area is 157 Å². The van der Waals surface area contributed by atoms with Crippen LogP contribution >= 0.6 is 11.6 Å². The van der Waals surface area contributed by atoms with Crippen molar-refractivity contribution in [1.82, 2.24) is 0 Å². The fraction of sp³-hybridized carbons (Fsp3) is 0.0556. The van der Waals surface area contributed by atoms with Gasteiger partial charge in [0, 0.05) is 11.9 Å². The minimum absolute atomic E-state index is 0.00954. The zero-order valence-electron chi connectivity index (χ0n) is 13.4. The Bertz CT molecular complexity index is 987. The molecule has 0 aromatic heterocycles. The van der Waals surface area contributed by atoms with Crippen LogP contribution in [0.4, 0.5) is 24.5 Å². The van der Waals surface area contributed by atoms with E-state index in [9.17, 15) is 18.0 Å². The largest absolute Gasteiger partial charge is 0.417 e. The molecular weight excluding hydrogens is 381 g/mol. The molecule has 0 heterocycles. The molecule has 0 aliphatic rings. The van der Waals surface area contributed by atoms with Gasteiger partial charge in [-0.25, -0.2) is 0 Å². The molecule has 2 N–H and O–H groups in total. The Morgan fingerprint density at radius 1 is 1.15 bits per heavy atom. The second-order valence-corrected chi connectivity index (χ2v) is 5.53. The lowest BCUT2D eigenvalue weighted by Crippen LogP contribution is -2.15. The van der Waals surface area contributed by atoms with Crippen LogP contribution in [0.25, 0.3) is 0 Å². The first-order chi connectivity index (χ1) is 12.8. The van der Waals surface area contributed by atoms with Gasteiger partial charge in [-0.15, -0.1) is 0 Å². The van der Waals surface area contributed by atoms with Crippen molar-refractivity contribution in [3.05, 3.63) is 70.4 Å². The second kappa shape index (κ2) is 8.26. The van der Waals surface area contributed by atoms with Gasteiger partial charge in [0.05, 0.1) is 21.8 Å². The van der Waals surface area contributed by atoms with Crippen molar-refractivity contribution >= 4 is 28.9 Å². The molecule has 0 aliphatic carbocycles. The predicted molar refractivity (Wildman–Crippen MR) is 93.6 cm³/mol. The fourth-order valence-electron chi connectivity index (χ4n) is 2.02. The molecule has 0 spiro atoms. The summed E-state index contributed by atoms with van der Waals surface area (Å²) in [5.74, 6) is -0.822. The monoisotopic (exact) mass is 390 g/mol. The van der Waals surface area contributed by atoms with E-state index >= 15 is 0 Å². The summed E-state index contributed by atoms with van der Waals surface area (Å²) in [5.41, 5.74) is -1.05. The summed E-state index contributed by atoms with van der Waals surface area (Å²) in [5, 5.41) is 22.5. The standard InChI is InChI=1S/C18H10ClF3N4O/c19-15-6-5-13(7-14(15)18(20,21)22)25-10-12(9-24)17(27)26-16-4-2-1-3-11(16)8-23/h1-7,10,25H,(H,26,27)/b12-10-. The number of carbonyl (C=O) groups is 1. The Morgan fingerprint density at radius 3 is 2.48 bits per heavy atom. The number of nitriles is 2. The van der Waals surface area contributed by atoms with Crippen LogP contribution in [0.15, 0.2) is 54.2 Å². The van der Waals surface area contributed by atoms with Crippen molar-refractivity contribution in [3.8, 4) is 12.1 Å². The van der Waals surface area contributed by atoms with E-state index < -0.39 is 28.2 Å². The molecule has 0 fully saturated rings. The van der Waals surface area contributed by atoms with Crippen LogP contribution in [0, 0.1) is 22.7 Å². The summed E-state index contributed by atoms with van der Waals surface area (Å²) < 4.78 is 38.6. The van der Waals surface area contributed by atoms with Crippen molar-refractivity contribution in [1.29, 1.82) is 10.5 Å². The minimum atomic E-state index is -4.64. The third-order valence-corrected chi connectivity index (χ3v) is 3.65. The number of anilines is 2. The summed E-state index contributed by atoms with van der Waals surface area (Å²) in [6.07, 6.45) is -3.68. The van der Waals surface area contributed by atoms with Crippen LogP contribution < -0.4 is 10.6 Å². The molecule has 0 saturated heterocycles. The van der Waals surface area contributed by atoms with E-state index in [1.807, 2.05) is 6.07 Å². The van der Waals surface area contributed by atoms with Crippen molar-refractivity contribution in [3.63, 3.8) is 0 Å². The Kier molecular flexibility index (Phi) is 6.07. The number of hydrogen-bond acceptors (Lipinski definition) is 4. The Hall–Kier alpha value is -3.49. The maximum Gasteiger partial charge on any atom is 0.417 e. The van der Waals surface area contributed by atoms with Gasteiger partial charge in [-0.1, -0.05) is 23.7 Å². The molecule has 0 aliphatic heterocycles. The number of halogens is 4. The number of rotatable bonds is 4. The van der Waals surface area contributed by atoms with Gasteiger partial charge in [0.15, 0.2) is 0 Å². The number of carbonyl (C=O) groups excluding carboxylic acids is 1. The average Bonchev–Trinajstić information content (AvgIpc) is 2.63. The smallest absolute Gasteiger partial charge is 0.360 e. The molecule has 27 heavy (non-hydrogen) atoms. The van der Waals surface area contributed by atoms with E-state index in [1.54, 1.807) is 18.2 Å². The first kappa shape index (κ1) is 19.8. The summed E-state index contributed by atoms with van der Waals surface area (Å²) in [4.78, 5) is 12.2. The molecule has 0 saturated carbocycles. The molecule has 0 bridgehead atoms. The molecule has 5 nitrogen and oxygen atoms in total. The van der Waals surface area contributed by atoms with Crippen molar-refractivity contribution in [2.45, 2.75) is 6.18 Å². The van der Waals surface area contributed by atoms with Gasteiger partial charge in [0.25, 0.3) is 5.91 Å². The van der Waals surface area contributed by atoms with Crippen molar-refractivity contribution in [2.75, 3.05) is 10.6 Å². The lowest BCUT2D eigenvalue weighted by Gasteiger charge is -2.11. The summed E-state index contributed by atoms with van der Waals surface area (Å²) in [7, 11) is 0. The van der Waals surface area contributed by atoms with E-state index in [-0.39, 0.29) is 16.9 Å². The first-order valence-corrected chi connectivity index (χ1v) is 7.68. The van der Waals surface area contributed by atoms with E-state index in [2.05, 4.69) is 10.6 Å². The van der Waals surface area contributed by atoms with E-state index in [0.29, 0.717) is 0 Å². The third kappa shape index (κ3) is 5.00. The number of nitrogens with zero attached hydrogens (tertiary/aromatic N) is 2. The second-order valence-electron chi connectivity index (χ2n) is 5.12. The molecule has 2 rings (SSSR count). The van der Waals surface area contributed by atoms with Crippen LogP contribution in [0.5, 0.6) is 0 Å². The van der Waals surface area contributed by atoms with Gasteiger partial charge >= 0.3 is 6.18 Å². The molecule has 2 aromatic rings. The van der Waals surface area contributed by atoms with E-state index in [0.717, 1.165) is 18.3 Å². The van der Waals surface area contributed by atoms with Crippen LogP contribution in [-0.4, -0.2) is 5.91 Å². The molecule has 9 heteroatoms. The summed E-state index contributed by atoms with van der Waals surface area (Å²) >= 11 is 5.53. The van der Waals surface area contributed by atoms with Crippen molar-refractivity contribution in [2.24, 2.45) is 0 Å². The van der Waals surface area contributed by atoms with Gasteiger partial charge in [0.2, 0.25) is 0 Å². The normalized spacial score (nSPS) is 11.3. The molecule has 2 aromatic carbocycles.